The van der Waals surface area contributed by atoms with E-state index >= 15 is 0 Å². The van der Waals surface area contributed by atoms with Crippen molar-refractivity contribution in [2.75, 3.05) is 7.11 Å². The first-order chi connectivity index (χ1) is 10.0. The second kappa shape index (κ2) is 6.21. The summed E-state index contributed by atoms with van der Waals surface area (Å²) < 4.78 is 24.3. The van der Waals surface area contributed by atoms with Crippen molar-refractivity contribution in [1.29, 1.82) is 0 Å². The number of benzene rings is 2. The Bertz CT molecular complexity index is 673. The van der Waals surface area contributed by atoms with Crippen LogP contribution in [0.2, 0.25) is 0 Å². The zero-order chi connectivity index (χ0) is 15.4. The normalized spacial score (nSPS) is 10.2. The highest BCUT2D eigenvalue weighted by Gasteiger charge is 2.14. The van der Waals surface area contributed by atoms with E-state index in [1.54, 1.807) is 6.07 Å². The smallest absolute Gasteiger partial charge is 0.304 e. The Morgan fingerprint density at radius 1 is 1.19 bits per heavy atom. The number of aryl methyl sites for hydroxylation is 1. The van der Waals surface area contributed by atoms with Crippen LogP contribution in [-0.2, 0) is 6.61 Å². The highest BCUT2D eigenvalue weighted by atomic mass is 19.1. The van der Waals surface area contributed by atoms with Crippen LogP contribution in [0.25, 0.3) is 0 Å². The van der Waals surface area contributed by atoms with Gasteiger partial charge in [-0.25, -0.2) is 0 Å². The monoisotopic (exact) mass is 291 g/mol. The molecular formula is C15H14FNO4. The molecule has 21 heavy (non-hydrogen) atoms. The van der Waals surface area contributed by atoms with Gasteiger partial charge >= 0.3 is 5.69 Å². The maximum absolute atomic E-state index is 13.5. The Kier molecular flexibility index (Phi) is 4.37. The molecule has 0 fully saturated rings. The van der Waals surface area contributed by atoms with Crippen molar-refractivity contribution in [1.82, 2.24) is 0 Å². The zero-order valence-electron chi connectivity index (χ0n) is 11.6. The van der Waals surface area contributed by atoms with Crippen LogP contribution in [0.4, 0.5) is 10.1 Å². The molecule has 0 saturated heterocycles. The van der Waals surface area contributed by atoms with Gasteiger partial charge in [0.05, 0.1) is 12.0 Å². The van der Waals surface area contributed by atoms with E-state index in [1.807, 2.05) is 19.1 Å². The van der Waals surface area contributed by atoms with Gasteiger partial charge in [-0.3, -0.25) is 10.1 Å². The molecule has 0 radical (unpaired) electrons. The van der Waals surface area contributed by atoms with Gasteiger partial charge < -0.3 is 9.47 Å². The molecule has 0 amide bonds. The molecule has 0 atom stereocenters. The van der Waals surface area contributed by atoms with Gasteiger partial charge in [0.25, 0.3) is 0 Å². The summed E-state index contributed by atoms with van der Waals surface area (Å²) in [6, 6.07) is 9.14. The van der Waals surface area contributed by atoms with Crippen molar-refractivity contribution in [2.45, 2.75) is 13.5 Å². The topological polar surface area (TPSA) is 61.6 Å². The lowest BCUT2D eigenvalue weighted by Crippen LogP contribution is -2.00. The summed E-state index contributed by atoms with van der Waals surface area (Å²) in [5, 5.41) is 10.5. The molecule has 5 nitrogen and oxygen atoms in total. The van der Waals surface area contributed by atoms with E-state index in [0.717, 1.165) is 17.7 Å². The minimum Gasteiger partial charge on any atom is -0.493 e. The first kappa shape index (κ1) is 14.8. The first-order valence-electron chi connectivity index (χ1n) is 6.21. The Morgan fingerprint density at radius 2 is 1.95 bits per heavy atom. The lowest BCUT2D eigenvalue weighted by Gasteiger charge is -2.11. The molecule has 110 valence electrons. The van der Waals surface area contributed by atoms with E-state index in [-0.39, 0.29) is 6.61 Å². The van der Waals surface area contributed by atoms with Gasteiger partial charge in [0.2, 0.25) is 5.82 Å². The van der Waals surface area contributed by atoms with Crippen molar-refractivity contribution < 1.29 is 18.8 Å². The number of nitro benzene ring substituents is 1. The van der Waals surface area contributed by atoms with Crippen molar-refractivity contribution in [2.24, 2.45) is 0 Å². The number of halogens is 1. The molecule has 2 aromatic rings. The average Bonchev–Trinajstić information content (AvgIpc) is 2.45. The molecule has 0 aliphatic rings. The maximum atomic E-state index is 13.5. The summed E-state index contributed by atoms with van der Waals surface area (Å²) in [4.78, 5) is 9.78. The number of rotatable bonds is 5. The van der Waals surface area contributed by atoms with Crippen molar-refractivity contribution in [3.63, 3.8) is 0 Å². The largest absolute Gasteiger partial charge is 0.493 e. The number of nitrogens with zero attached hydrogens (tertiary/aromatic N) is 1. The second-order valence-electron chi connectivity index (χ2n) is 4.49. The quantitative estimate of drug-likeness (QED) is 0.623. The fourth-order valence-corrected chi connectivity index (χ4v) is 1.84. The number of hydrogen-bond donors (Lipinski definition) is 0. The summed E-state index contributed by atoms with van der Waals surface area (Å²) in [5.41, 5.74) is 0.980. The molecule has 0 bridgehead atoms. The minimum absolute atomic E-state index is 0.0916. The Labute approximate surface area is 121 Å². The maximum Gasteiger partial charge on any atom is 0.304 e. The second-order valence-corrected chi connectivity index (χ2v) is 4.49. The highest BCUT2D eigenvalue weighted by Crippen LogP contribution is 2.29. The number of hydrogen-bond acceptors (Lipinski definition) is 4. The molecule has 0 aliphatic carbocycles. The van der Waals surface area contributed by atoms with Gasteiger partial charge in [0.1, 0.15) is 6.61 Å². The predicted molar refractivity (Wildman–Crippen MR) is 75.1 cm³/mol. The Hall–Kier alpha value is -2.63. The van der Waals surface area contributed by atoms with Crippen molar-refractivity contribution >= 4 is 5.69 Å². The lowest BCUT2D eigenvalue weighted by atomic mass is 10.2. The van der Waals surface area contributed by atoms with Gasteiger partial charge in [-0.2, -0.15) is 4.39 Å². The van der Waals surface area contributed by atoms with Gasteiger partial charge in [0, 0.05) is 6.07 Å². The van der Waals surface area contributed by atoms with Gasteiger partial charge in [0.15, 0.2) is 11.5 Å². The molecule has 0 spiro atoms. The van der Waals surface area contributed by atoms with Crippen LogP contribution in [0.1, 0.15) is 11.1 Å². The van der Waals surface area contributed by atoms with Crippen LogP contribution < -0.4 is 9.47 Å². The van der Waals surface area contributed by atoms with Gasteiger partial charge in [-0.05, 0) is 42.3 Å². The number of methoxy groups -OCH3 is 1. The average molecular weight is 291 g/mol. The minimum atomic E-state index is -0.878. The van der Waals surface area contributed by atoms with E-state index in [0.29, 0.717) is 17.1 Å². The van der Waals surface area contributed by atoms with E-state index in [1.165, 1.54) is 13.2 Å². The molecule has 0 aromatic heterocycles. The molecule has 6 heteroatoms. The summed E-state index contributed by atoms with van der Waals surface area (Å²) in [7, 11) is 1.53. The third-order valence-corrected chi connectivity index (χ3v) is 2.92. The predicted octanol–water partition coefficient (Wildman–Crippen LogP) is 3.63. The summed E-state index contributed by atoms with van der Waals surface area (Å²) >= 11 is 0. The van der Waals surface area contributed by atoms with E-state index in [2.05, 4.69) is 0 Å². The Balaban J connectivity index is 2.13. The molecule has 0 N–H and O–H groups in total. The summed E-state index contributed by atoms with van der Waals surface area (Å²) in [6.45, 7) is 2.02. The van der Waals surface area contributed by atoms with Crippen LogP contribution in [0, 0.1) is 22.9 Å². The molecule has 2 rings (SSSR count). The van der Waals surface area contributed by atoms with Crippen LogP contribution in [0.3, 0.4) is 0 Å². The molecule has 0 aliphatic heterocycles. The highest BCUT2D eigenvalue weighted by molar-refractivity contribution is 5.43. The fourth-order valence-electron chi connectivity index (χ4n) is 1.84. The van der Waals surface area contributed by atoms with E-state index in [9.17, 15) is 14.5 Å². The molecule has 0 unspecified atom stereocenters. The SMILES string of the molecule is COc1cc(C)ccc1OCc1ccc([N+](=O)[O-])c(F)c1. The van der Waals surface area contributed by atoms with E-state index < -0.39 is 16.4 Å². The fraction of sp³-hybridized carbons (Fsp3) is 0.200. The van der Waals surface area contributed by atoms with E-state index in [4.69, 9.17) is 9.47 Å². The van der Waals surface area contributed by atoms with Crippen molar-refractivity contribution in [3.05, 3.63) is 63.5 Å². The van der Waals surface area contributed by atoms with Crippen molar-refractivity contribution in [3.8, 4) is 11.5 Å². The van der Waals surface area contributed by atoms with Gasteiger partial charge in [-0.1, -0.05) is 6.07 Å². The molecule has 0 heterocycles. The van der Waals surface area contributed by atoms with Crippen LogP contribution in [0.5, 0.6) is 11.5 Å². The van der Waals surface area contributed by atoms with Gasteiger partial charge in [-0.15, -0.1) is 0 Å². The summed E-state index contributed by atoms with van der Waals surface area (Å²) in [6.07, 6.45) is 0. The third kappa shape index (κ3) is 3.47. The Morgan fingerprint density at radius 3 is 2.57 bits per heavy atom. The lowest BCUT2D eigenvalue weighted by molar-refractivity contribution is -0.387. The van der Waals surface area contributed by atoms with Crippen LogP contribution in [-0.4, -0.2) is 12.0 Å². The molecule has 0 saturated carbocycles. The summed E-state index contributed by atoms with van der Waals surface area (Å²) in [5.74, 6) is 0.233. The number of nitro groups is 1. The standard InChI is InChI=1S/C15H14FNO4/c1-10-3-6-14(15(7-10)20-2)21-9-11-4-5-13(17(18)19)12(16)8-11/h3-8H,9H2,1-2H3. The number of ether oxygens (including phenoxy) is 2. The zero-order valence-corrected chi connectivity index (χ0v) is 11.6. The van der Waals surface area contributed by atoms with Crippen LogP contribution >= 0.6 is 0 Å². The third-order valence-electron chi connectivity index (χ3n) is 2.92. The molecular weight excluding hydrogens is 277 g/mol. The first-order valence-corrected chi connectivity index (χ1v) is 6.21. The van der Waals surface area contributed by atoms with Crippen LogP contribution in [0.15, 0.2) is 36.4 Å². The molecule has 2 aromatic carbocycles.